The first-order chi connectivity index (χ1) is 12.5. The highest BCUT2D eigenvalue weighted by Gasteiger charge is 2.14. The SMILES string of the molecule is COc1ccc(/C=C/C(=O)NC(C)C(=O)Nc2ccc(SC)cc2)cc1. The molecule has 0 aliphatic carbocycles. The van der Waals surface area contributed by atoms with Crippen LogP contribution >= 0.6 is 11.8 Å². The van der Waals surface area contributed by atoms with Gasteiger partial charge in [-0.05, 0) is 61.2 Å². The molecule has 2 aromatic carbocycles. The minimum Gasteiger partial charge on any atom is -0.497 e. The van der Waals surface area contributed by atoms with Crippen molar-refractivity contribution in [2.45, 2.75) is 17.9 Å². The van der Waals surface area contributed by atoms with Gasteiger partial charge in [0, 0.05) is 16.7 Å². The summed E-state index contributed by atoms with van der Waals surface area (Å²) in [6.07, 6.45) is 5.07. The van der Waals surface area contributed by atoms with Crippen molar-refractivity contribution in [3.8, 4) is 5.75 Å². The second-order valence-electron chi connectivity index (χ2n) is 5.55. The molecule has 0 radical (unpaired) electrons. The maximum absolute atomic E-state index is 12.2. The van der Waals surface area contributed by atoms with E-state index in [-0.39, 0.29) is 11.8 Å². The third-order valence-electron chi connectivity index (χ3n) is 3.65. The van der Waals surface area contributed by atoms with E-state index < -0.39 is 6.04 Å². The van der Waals surface area contributed by atoms with Gasteiger partial charge in [0.25, 0.3) is 0 Å². The Labute approximate surface area is 157 Å². The Morgan fingerprint density at radius 2 is 1.73 bits per heavy atom. The highest BCUT2D eigenvalue weighted by molar-refractivity contribution is 7.98. The Bertz CT molecular complexity index is 771. The Hall–Kier alpha value is -2.73. The first-order valence-corrected chi connectivity index (χ1v) is 9.32. The van der Waals surface area contributed by atoms with Crippen molar-refractivity contribution in [2.24, 2.45) is 0 Å². The molecule has 0 saturated carbocycles. The highest BCUT2D eigenvalue weighted by Crippen LogP contribution is 2.17. The van der Waals surface area contributed by atoms with Gasteiger partial charge in [-0.15, -0.1) is 11.8 Å². The first-order valence-electron chi connectivity index (χ1n) is 8.09. The molecule has 0 spiro atoms. The number of anilines is 1. The fourth-order valence-corrected chi connectivity index (χ4v) is 2.55. The molecule has 2 aromatic rings. The quantitative estimate of drug-likeness (QED) is 0.577. The van der Waals surface area contributed by atoms with E-state index in [0.29, 0.717) is 5.69 Å². The summed E-state index contributed by atoms with van der Waals surface area (Å²) in [5, 5.41) is 5.43. The lowest BCUT2D eigenvalue weighted by Crippen LogP contribution is -2.40. The number of carbonyl (C=O) groups is 2. The summed E-state index contributed by atoms with van der Waals surface area (Å²) in [4.78, 5) is 25.3. The Morgan fingerprint density at radius 3 is 2.31 bits per heavy atom. The second-order valence-corrected chi connectivity index (χ2v) is 6.43. The van der Waals surface area contributed by atoms with Crippen molar-refractivity contribution in [1.82, 2.24) is 5.32 Å². The van der Waals surface area contributed by atoms with Gasteiger partial charge in [0.05, 0.1) is 7.11 Å². The van der Waals surface area contributed by atoms with Crippen molar-refractivity contribution >= 4 is 35.3 Å². The number of ether oxygens (including phenoxy) is 1. The van der Waals surface area contributed by atoms with Gasteiger partial charge in [0.2, 0.25) is 11.8 Å². The molecule has 1 unspecified atom stereocenters. The molecule has 1 atom stereocenters. The number of carbonyl (C=O) groups excluding carboxylic acids is 2. The van der Waals surface area contributed by atoms with E-state index in [1.165, 1.54) is 6.08 Å². The predicted molar refractivity (Wildman–Crippen MR) is 106 cm³/mol. The van der Waals surface area contributed by atoms with Crippen LogP contribution in [-0.2, 0) is 9.59 Å². The third kappa shape index (κ3) is 5.97. The third-order valence-corrected chi connectivity index (χ3v) is 4.40. The molecule has 0 fully saturated rings. The molecule has 0 saturated heterocycles. The van der Waals surface area contributed by atoms with Gasteiger partial charge < -0.3 is 15.4 Å². The Morgan fingerprint density at radius 1 is 1.08 bits per heavy atom. The molecule has 26 heavy (non-hydrogen) atoms. The molecule has 0 aromatic heterocycles. The minimum atomic E-state index is -0.650. The number of nitrogens with one attached hydrogen (secondary N) is 2. The fraction of sp³-hybridized carbons (Fsp3) is 0.200. The van der Waals surface area contributed by atoms with Crippen LogP contribution in [0.3, 0.4) is 0 Å². The minimum absolute atomic E-state index is 0.270. The summed E-state index contributed by atoms with van der Waals surface area (Å²) in [5.41, 5.74) is 1.56. The molecule has 0 aliphatic heterocycles. The van der Waals surface area contributed by atoms with Gasteiger partial charge in [-0.1, -0.05) is 12.1 Å². The van der Waals surface area contributed by atoms with Gasteiger partial charge in [0.15, 0.2) is 0 Å². The molecule has 0 bridgehead atoms. The van der Waals surface area contributed by atoms with Crippen molar-refractivity contribution in [3.63, 3.8) is 0 Å². The molecule has 2 rings (SSSR count). The van der Waals surface area contributed by atoms with E-state index in [2.05, 4.69) is 10.6 Å². The highest BCUT2D eigenvalue weighted by atomic mass is 32.2. The number of rotatable bonds is 7. The van der Waals surface area contributed by atoms with E-state index in [9.17, 15) is 9.59 Å². The molecular weight excluding hydrogens is 348 g/mol. The summed E-state index contributed by atoms with van der Waals surface area (Å²) < 4.78 is 5.09. The zero-order chi connectivity index (χ0) is 18.9. The van der Waals surface area contributed by atoms with Gasteiger partial charge in [0.1, 0.15) is 11.8 Å². The summed E-state index contributed by atoms with van der Waals surface area (Å²) in [5.74, 6) is 0.150. The van der Waals surface area contributed by atoms with Crippen LogP contribution in [0, 0.1) is 0 Å². The summed E-state index contributed by atoms with van der Waals surface area (Å²) >= 11 is 1.63. The lowest BCUT2D eigenvalue weighted by molar-refractivity contribution is -0.123. The lowest BCUT2D eigenvalue weighted by Gasteiger charge is -2.13. The Balaban J connectivity index is 1.86. The average Bonchev–Trinajstić information content (AvgIpc) is 2.67. The van der Waals surface area contributed by atoms with Crippen molar-refractivity contribution < 1.29 is 14.3 Å². The van der Waals surface area contributed by atoms with Crippen LogP contribution in [0.2, 0.25) is 0 Å². The average molecular weight is 370 g/mol. The lowest BCUT2D eigenvalue weighted by atomic mass is 10.2. The Kier molecular flexibility index (Phi) is 7.29. The van der Waals surface area contributed by atoms with Gasteiger partial charge >= 0.3 is 0 Å². The molecule has 2 amide bonds. The van der Waals surface area contributed by atoms with E-state index in [0.717, 1.165) is 16.2 Å². The largest absolute Gasteiger partial charge is 0.497 e. The van der Waals surface area contributed by atoms with E-state index in [4.69, 9.17) is 4.74 Å². The van der Waals surface area contributed by atoms with Crippen LogP contribution in [0.1, 0.15) is 12.5 Å². The van der Waals surface area contributed by atoms with Crippen LogP contribution in [0.5, 0.6) is 5.75 Å². The van der Waals surface area contributed by atoms with E-state index in [1.807, 2.05) is 54.8 Å². The number of benzene rings is 2. The monoisotopic (exact) mass is 370 g/mol. The van der Waals surface area contributed by atoms with Crippen LogP contribution in [0.4, 0.5) is 5.69 Å². The van der Waals surface area contributed by atoms with Crippen molar-refractivity contribution in [1.29, 1.82) is 0 Å². The zero-order valence-electron chi connectivity index (χ0n) is 15.0. The fourth-order valence-electron chi connectivity index (χ4n) is 2.14. The number of amides is 2. The van der Waals surface area contributed by atoms with Crippen LogP contribution in [0.15, 0.2) is 59.5 Å². The van der Waals surface area contributed by atoms with Crippen LogP contribution in [-0.4, -0.2) is 31.2 Å². The van der Waals surface area contributed by atoms with Gasteiger partial charge in [-0.2, -0.15) is 0 Å². The number of hydrogen-bond acceptors (Lipinski definition) is 4. The maximum Gasteiger partial charge on any atom is 0.246 e. The van der Waals surface area contributed by atoms with Crippen molar-refractivity contribution in [3.05, 3.63) is 60.2 Å². The molecule has 0 aliphatic rings. The maximum atomic E-state index is 12.2. The molecule has 136 valence electrons. The normalized spacial score (nSPS) is 11.8. The molecule has 0 heterocycles. The molecule has 2 N–H and O–H groups in total. The van der Waals surface area contributed by atoms with Crippen LogP contribution < -0.4 is 15.4 Å². The smallest absolute Gasteiger partial charge is 0.246 e. The van der Waals surface area contributed by atoms with Gasteiger partial charge in [-0.25, -0.2) is 0 Å². The molecular formula is C20H22N2O3S. The summed E-state index contributed by atoms with van der Waals surface area (Å²) in [6, 6.07) is 14.2. The number of methoxy groups -OCH3 is 1. The van der Waals surface area contributed by atoms with E-state index in [1.54, 1.807) is 31.9 Å². The topological polar surface area (TPSA) is 67.4 Å². The summed E-state index contributed by atoms with van der Waals surface area (Å²) in [6.45, 7) is 1.64. The van der Waals surface area contributed by atoms with E-state index >= 15 is 0 Å². The van der Waals surface area contributed by atoms with Crippen LogP contribution in [0.25, 0.3) is 6.08 Å². The second kappa shape index (κ2) is 9.68. The predicted octanol–water partition coefficient (Wildman–Crippen LogP) is 3.57. The molecule has 5 nitrogen and oxygen atoms in total. The molecule has 6 heteroatoms. The van der Waals surface area contributed by atoms with Crippen molar-refractivity contribution in [2.75, 3.05) is 18.7 Å². The standard InChI is InChI=1S/C20H22N2O3S/c1-14(20(24)22-16-7-11-18(26-3)12-8-16)21-19(23)13-6-15-4-9-17(25-2)10-5-15/h4-14H,1-3H3,(H,21,23)(H,22,24)/b13-6+. The number of hydrogen-bond donors (Lipinski definition) is 2. The van der Waals surface area contributed by atoms with Gasteiger partial charge in [-0.3, -0.25) is 9.59 Å². The first kappa shape index (κ1) is 19.6. The zero-order valence-corrected chi connectivity index (χ0v) is 15.8. The summed E-state index contributed by atoms with van der Waals surface area (Å²) in [7, 11) is 1.60. The number of thioether (sulfide) groups is 1.